The Hall–Kier alpha value is -6.94. The zero-order valence-corrected chi connectivity index (χ0v) is 30.9. The van der Waals surface area contributed by atoms with Crippen LogP contribution in [0, 0.1) is 0 Å². The van der Waals surface area contributed by atoms with Crippen molar-refractivity contribution in [2.75, 3.05) is 9.80 Å². The lowest BCUT2D eigenvalue weighted by atomic mass is 10.0. The third-order valence-electron chi connectivity index (χ3n) is 10.4. The zero-order chi connectivity index (χ0) is 36.6. The van der Waals surface area contributed by atoms with Gasteiger partial charge in [0.1, 0.15) is 0 Å². The third-order valence-corrected chi connectivity index (χ3v) is 11.5. The van der Waals surface area contributed by atoms with Crippen LogP contribution < -0.4 is 9.80 Å². The van der Waals surface area contributed by atoms with Gasteiger partial charge in [0.2, 0.25) is 0 Å². The number of fused-ring (bicyclic) bond motifs is 4. The van der Waals surface area contributed by atoms with Gasteiger partial charge in [0.25, 0.3) is 0 Å². The van der Waals surface area contributed by atoms with Crippen LogP contribution in [0.2, 0.25) is 0 Å². The van der Waals surface area contributed by atoms with Gasteiger partial charge in [-0.2, -0.15) is 0 Å². The van der Waals surface area contributed by atoms with Gasteiger partial charge in [-0.3, -0.25) is 0 Å². The number of rotatable bonds is 8. The SMILES string of the molecule is c1ccc(-c2cccc(N(c3ccccc3)c3ccc4sc5cc6ccccc6cc5c4c3N(c3ccccc3)c3cccc(-c4ccccc4)c3)c2)cc1. The summed E-state index contributed by atoms with van der Waals surface area (Å²) in [5.74, 6) is 0. The van der Waals surface area contributed by atoms with Gasteiger partial charge in [-0.1, -0.05) is 146 Å². The Morgan fingerprint density at radius 3 is 1.35 bits per heavy atom. The van der Waals surface area contributed by atoms with Crippen molar-refractivity contribution in [2.45, 2.75) is 0 Å². The molecule has 10 aromatic rings. The molecule has 55 heavy (non-hydrogen) atoms. The molecule has 0 saturated heterocycles. The minimum Gasteiger partial charge on any atom is -0.308 e. The summed E-state index contributed by atoms with van der Waals surface area (Å²) in [4.78, 5) is 4.91. The highest BCUT2D eigenvalue weighted by atomic mass is 32.1. The van der Waals surface area contributed by atoms with E-state index in [0.29, 0.717) is 0 Å². The van der Waals surface area contributed by atoms with Gasteiger partial charge in [-0.25, -0.2) is 0 Å². The molecule has 0 radical (unpaired) electrons. The largest absolute Gasteiger partial charge is 0.308 e. The summed E-state index contributed by atoms with van der Waals surface area (Å²) in [7, 11) is 0. The topological polar surface area (TPSA) is 6.48 Å². The molecule has 0 amide bonds. The predicted molar refractivity (Wildman–Crippen MR) is 237 cm³/mol. The molecule has 1 aromatic heterocycles. The third kappa shape index (κ3) is 6.11. The Morgan fingerprint density at radius 1 is 0.309 bits per heavy atom. The van der Waals surface area contributed by atoms with E-state index in [4.69, 9.17) is 0 Å². The molecular weight excluding hydrogens is 685 g/mol. The highest BCUT2D eigenvalue weighted by molar-refractivity contribution is 7.26. The normalized spacial score (nSPS) is 11.3. The first-order valence-corrected chi connectivity index (χ1v) is 19.5. The van der Waals surface area contributed by atoms with Crippen LogP contribution >= 0.6 is 11.3 Å². The number of para-hydroxylation sites is 2. The van der Waals surface area contributed by atoms with Gasteiger partial charge in [0.15, 0.2) is 0 Å². The second-order valence-electron chi connectivity index (χ2n) is 13.8. The maximum Gasteiger partial charge on any atom is 0.0796 e. The summed E-state index contributed by atoms with van der Waals surface area (Å²) in [6.45, 7) is 0. The highest BCUT2D eigenvalue weighted by Crippen LogP contribution is 2.53. The van der Waals surface area contributed by atoms with E-state index >= 15 is 0 Å². The van der Waals surface area contributed by atoms with Crippen molar-refractivity contribution in [1.29, 1.82) is 0 Å². The summed E-state index contributed by atoms with van der Waals surface area (Å²) in [5.41, 5.74) is 11.3. The van der Waals surface area contributed by atoms with E-state index in [1.54, 1.807) is 0 Å². The van der Waals surface area contributed by atoms with Crippen molar-refractivity contribution in [3.8, 4) is 22.3 Å². The van der Waals surface area contributed by atoms with Crippen LogP contribution in [0.5, 0.6) is 0 Å². The van der Waals surface area contributed by atoms with Crippen LogP contribution in [0.15, 0.2) is 218 Å². The Morgan fingerprint density at radius 2 is 0.764 bits per heavy atom. The van der Waals surface area contributed by atoms with Gasteiger partial charge in [0, 0.05) is 42.9 Å². The second-order valence-corrected chi connectivity index (χ2v) is 14.9. The first kappa shape index (κ1) is 32.7. The van der Waals surface area contributed by atoms with E-state index in [1.807, 2.05) is 11.3 Å². The molecule has 3 heteroatoms. The molecule has 1 heterocycles. The molecule has 0 fully saturated rings. The van der Waals surface area contributed by atoms with E-state index in [-0.39, 0.29) is 0 Å². The highest BCUT2D eigenvalue weighted by Gasteiger charge is 2.27. The van der Waals surface area contributed by atoms with E-state index in [0.717, 1.165) is 34.1 Å². The maximum atomic E-state index is 2.47. The monoisotopic (exact) mass is 720 g/mol. The smallest absolute Gasteiger partial charge is 0.0796 e. The molecule has 0 aliphatic heterocycles. The number of hydrogen-bond acceptors (Lipinski definition) is 3. The molecule has 0 unspecified atom stereocenters. The standard InChI is InChI=1S/C52H36N2S/c1-5-17-37(18-6-1)39-23-15-29-45(33-39)53(43-25-9-3-10-26-43)48-31-32-49-51(47-35-41-21-13-14-22-42(41)36-50(47)55-49)52(48)54(44-27-11-4-12-28-44)46-30-16-24-40(34-46)38-19-7-2-8-20-38/h1-36H. The van der Waals surface area contributed by atoms with Crippen LogP contribution in [0.25, 0.3) is 53.2 Å². The molecule has 0 aliphatic rings. The molecule has 0 N–H and O–H groups in total. The minimum atomic E-state index is 1.09. The lowest BCUT2D eigenvalue weighted by molar-refractivity contribution is 1.24. The van der Waals surface area contributed by atoms with Crippen molar-refractivity contribution < 1.29 is 0 Å². The van der Waals surface area contributed by atoms with Crippen molar-refractivity contribution in [3.05, 3.63) is 218 Å². The Kier molecular flexibility index (Phi) is 8.40. The van der Waals surface area contributed by atoms with Gasteiger partial charge in [-0.15, -0.1) is 11.3 Å². The van der Waals surface area contributed by atoms with Crippen molar-refractivity contribution >= 4 is 76.4 Å². The van der Waals surface area contributed by atoms with Gasteiger partial charge in [-0.05, 0) is 106 Å². The predicted octanol–water partition coefficient (Wildman–Crippen LogP) is 15.5. The molecule has 2 nitrogen and oxygen atoms in total. The molecule has 0 spiro atoms. The summed E-state index contributed by atoms with van der Waals surface area (Å²) in [6, 6.07) is 78.9. The molecular formula is C52H36N2S. The summed E-state index contributed by atoms with van der Waals surface area (Å²) < 4.78 is 2.52. The molecule has 0 atom stereocenters. The molecule has 0 aliphatic carbocycles. The first-order valence-electron chi connectivity index (χ1n) is 18.7. The Labute approximate surface area is 325 Å². The summed E-state index contributed by atoms with van der Waals surface area (Å²) in [5, 5.41) is 4.97. The van der Waals surface area contributed by atoms with Gasteiger partial charge in [0.05, 0.1) is 11.4 Å². The molecule has 10 rings (SSSR count). The molecule has 9 aromatic carbocycles. The van der Waals surface area contributed by atoms with Gasteiger partial charge >= 0.3 is 0 Å². The second kappa shape index (κ2) is 14.1. The van der Waals surface area contributed by atoms with Gasteiger partial charge < -0.3 is 9.80 Å². The van der Waals surface area contributed by atoms with Crippen molar-refractivity contribution in [2.24, 2.45) is 0 Å². The maximum absolute atomic E-state index is 2.47. The van der Waals surface area contributed by atoms with Crippen molar-refractivity contribution in [1.82, 2.24) is 0 Å². The van der Waals surface area contributed by atoms with Crippen LogP contribution in [0.3, 0.4) is 0 Å². The van der Waals surface area contributed by atoms with Crippen LogP contribution in [0.4, 0.5) is 34.1 Å². The van der Waals surface area contributed by atoms with Crippen molar-refractivity contribution in [3.63, 3.8) is 0 Å². The summed E-state index contributed by atoms with van der Waals surface area (Å²) >= 11 is 1.87. The van der Waals surface area contributed by atoms with Crippen LogP contribution in [-0.4, -0.2) is 0 Å². The van der Waals surface area contributed by atoms with E-state index < -0.39 is 0 Å². The van der Waals surface area contributed by atoms with Crippen LogP contribution in [0.1, 0.15) is 0 Å². The molecule has 260 valence electrons. The fourth-order valence-corrected chi connectivity index (χ4v) is 8.97. The average molecular weight is 721 g/mol. The number of nitrogens with zero attached hydrogens (tertiary/aromatic N) is 2. The molecule has 0 saturated carbocycles. The van der Waals surface area contributed by atoms with Crippen LogP contribution in [-0.2, 0) is 0 Å². The number of thiophene rings is 1. The number of anilines is 6. The fraction of sp³-hybridized carbons (Fsp3) is 0. The minimum absolute atomic E-state index is 1.09. The molecule has 0 bridgehead atoms. The van der Waals surface area contributed by atoms with E-state index in [2.05, 4.69) is 228 Å². The first-order chi connectivity index (χ1) is 27.3. The Balaban J connectivity index is 1.32. The Bertz CT molecular complexity index is 2920. The van der Waals surface area contributed by atoms with E-state index in [9.17, 15) is 0 Å². The quantitative estimate of drug-likeness (QED) is 0.154. The number of benzene rings is 9. The van der Waals surface area contributed by atoms with E-state index in [1.165, 1.54) is 53.2 Å². The average Bonchev–Trinajstić information content (AvgIpc) is 3.62. The summed E-state index contributed by atoms with van der Waals surface area (Å²) in [6.07, 6.45) is 0. The zero-order valence-electron chi connectivity index (χ0n) is 30.1. The number of hydrogen-bond donors (Lipinski definition) is 0. The lowest BCUT2D eigenvalue weighted by Gasteiger charge is -2.34. The fourth-order valence-electron chi connectivity index (χ4n) is 7.83. The lowest BCUT2D eigenvalue weighted by Crippen LogP contribution is -2.17.